The molecule has 0 aliphatic heterocycles. The number of halogens is 3. The van der Waals surface area contributed by atoms with Gasteiger partial charge in [-0.3, -0.25) is 9.17 Å². The maximum absolute atomic E-state index is 12.6. The van der Waals surface area contributed by atoms with Crippen LogP contribution in [0.2, 0.25) is 0 Å². The van der Waals surface area contributed by atoms with Gasteiger partial charge in [0, 0.05) is 17.7 Å². The molecule has 0 spiro atoms. The zero-order chi connectivity index (χ0) is 16.4. The van der Waals surface area contributed by atoms with Crippen molar-refractivity contribution in [1.82, 2.24) is 9.97 Å². The summed E-state index contributed by atoms with van der Waals surface area (Å²) >= 11 is 0. The smallest absolute Gasteiger partial charge is 0.269 e. The van der Waals surface area contributed by atoms with Crippen molar-refractivity contribution >= 4 is 10.1 Å². The van der Waals surface area contributed by atoms with E-state index in [1.165, 1.54) is 35.3 Å². The summed E-state index contributed by atoms with van der Waals surface area (Å²) in [6.07, 6.45) is 0.0462. The van der Waals surface area contributed by atoms with E-state index in [1.54, 1.807) is 0 Å². The number of alkyl halides is 3. The van der Waals surface area contributed by atoms with Gasteiger partial charge in [0.1, 0.15) is 0 Å². The van der Waals surface area contributed by atoms with Crippen LogP contribution in [-0.2, 0) is 26.4 Å². The van der Waals surface area contributed by atoms with Crippen molar-refractivity contribution in [3.63, 3.8) is 0 Å². The van der Waals surface area contributed by atoms with E-state index >= 15 is 0 Å². The Kier molecular flexibility index (Phi) is 4.42. The summed E-state index contributed by atoms with van der Waals surface area (Å²) in [6, 6.07) is 2.88. The second kappa shape index (κ2) is 5.97. The van der Waals surface area contributed by atoms with Gasteiger partial charge in [-0.1, -0.05) is 0 Å². The Bertz CT molecular complexity index is 761. The molecule has 2 rings (SSSR count). The number of nitrogens with zero attached hydrogens (tertiary/aromatic N) is 3. The van der Waals surface area contributed by atoms with Crippen LogP contribution < -0.4 is 4.57 Å². The largest absolute Gasteiger partial charge is 0.434 e. The molecule has 2 aromatic rings. The van der Waals surface area contributed by atoms with Crippen LogP contribution in [0.25, 0.3) is 11.3 Å². The van der Waals surface area contributed by atoms with Crippen molar-refractivity contribution in [3.8, 4) is 11.3 Å². The summed E-state index contributed by atoms with van der Waals surface area (Å²) in [5.41, 5.74) is -0.676. The molecule has 22 heavy (non-hydrogen) atoms. The second-order valence-electron chi connectivity index (χ2n) is 4.24. The highest BCUT2D eigenvalue weighted by Crippen LogP contribution is 2.28. The topological polar surface area (TPSA) is 73.0 Å². The van der Waals surface area contributed by atoms with Crippen LogP contribution in [0.3, 0.4) is 0 Å². The van der Waals surface area contributed by atoms with Crippen molar-refractivity contribution in [1.29, 1.82) is 0 Å². The summed E-state index contributed by atoms with van der Waals surface area (Å²) in [6.45, 7) is 0. The third-order valence-electron chi connectivity index (χ3n) is 2.67. The Hall–Kier alpha value is -2.07. The highest BCUT2D eigenvalue weighted by atomic mass is 32.2. The number of hydrogen-bond donors (Lipinski definition) is 0. The lowest BCUT2D eigenvalue weighted by molar-refractivity contribution is -0.678. The van der Waals surface area contributed by atoms with Gasteiger partial charge in [-0.05, 0) is 0 Å². The molecule has 0 aliphatic rings. The second-order valence-corrected chi connectivity index (χ2v) is 5.95. The zero-order valence-electron chi connectivity index (χ0n) is 11.3. The Morgan fingerprint density at radius 2 is 1.86 bits per heavy atom. The lowest BCUT2D eigenvalue weighted by atomic mass is 10.2. The molecule has 0 aliphatic carbocycles. The van der Waals surface area contributed by atoms with Crippen LogP contribution in [0.4, 0.5) is 13.2 Å². The van der Waals surface area contributed by atoms with Crippen molar-refractivity contribution in [2.24, 2.45) is 0 Å². The van der Waals surface area contributed by atoms with Gasteiger partial charge in [-0.15, -0.1) is 0 Å². The van der Waals surface area contributed by atoms with Crippen molar-refractivity contribution in [3.05, 3.63) is 42.6 Å². The van der Waals surface area contributed by atoms with Gasteiger partial charge in [-0.2, -0.15) is 26.2 Å². The van der Waals surface area contributed by atoms with Crippen LogP contribution in [-0.4, -0.2) is 25.5 Å². The molecular formula is C12H11F3N3O3S+. The molecule has 2 aromatic heterocycles. The average molecular weight is 334 g/mol. The quantitative estimate of drug-likeness (QED) is 0.624. The van der Waals surface area contributed by atoms with E-state index in [2.05, 4.69) is 14.2 Å². The van der Waals surface area contributed by atoms with Crippen LogP contribution in [0.5, 0.6) is 0 Å². The van der Waals surface area contributed by atoms with E-state index in [4.69, 9.17) is 0 Å². The van der Waals surface area contributed by atoms with Gasteiger partial charge in [-0.25, -0.2) is 4.98 Å². The molecule has 0 atom stereocenters. The SMILES string of the molecule is COS(=O)(=O)C[n+]1ccc(-c2cncc(C(F)(F)F)n2)cc1. The third-order valence-corrected chi connectivity index (χ3v) is 3.80. The van der Waals surface area contributed by atoms with E-state index in [-0.39, 0.29) is 5.69 Å². The zero-order valence-corrected chi connectivity index (χ0v) is 12.1. The molecule has 0 bridgehead atoms. The predicted octanol–water partition coefficient (Wildman–Crippen LogP) is 1.38. The van der Waals surface area contributed by atoms with Gasteiger partial charge >= 0.3 is 16.3 Å². The molecule has 0 amide bonds. The highest BCUT2D eigenvalue weighted by molar-refractivity contribution is 7.85. The van der Waals surface area contributed by atoms with E-state index in [9.17, 15) is 21.6 Å². The number of aromatic nitrogens is 3. The van der Waals surface area contributed by atoms with Gasteiger partial charge in [0.15, 0.2) is 18.1 Å². The van der Waals surface area contributed by atoms with E-state index in [0.717, 1.165) is 7.11 Å². The summed E-state index contributed by atoms with van der Waals surface area (Å²) in [4.78, 5) is 7.01. The van der Waals surface area contributed by atoms with Crippen molar-refractivity contribution in [2.45, 2.75) is 12.1 Å². The fourth-order valence-electron chi connectivity index (χ4n) is 1.59. The van der Waals surface area contributed by atoms with Crippen molar-refractivity contribution in [2.75, 3.05) is 7.11 Å². The molecule has 0 unspecified atom stereocenters. The summed E-state index contributed by atoms with van der Waals surface area (Å²) in [7, 11) is -2.65. The Balaban J connectivity index is 2.28. The van der Waals surface area contributed by atoms with E-state index in [1.807, 2.05) is 0 Å². The first-order valence-corrected chi connectivity index (χ1v) is 7.46. The molecule has 0 saturated heterocycles. The van der Waals surface area contributed by atoms with Gasteiger partial charge < -0.3 is 0 Å². The van der Waals surface area contributed by atoms with Crippen molar-refractivity contribution < 1.29 is 30.3 Å². The fourth-order valence-corrected chi connectivity index (χ4v) is 2.23. The molecule has 2 heterocycles. The molecule has 0 fully saturated rings. The minimum atomic E-state index is -4.58. The van der Waals surface area contributed by atoms with Gasteiger partial charge in [0.05, 0.1) is 25.2 Å². The summed E-state index contributed by atoms with van der Waals surface area (Å²) < 4.78 is 66.0. The van der Waals surface area contributed by atoms with E-state index in [0.29, 0.717) is 11.8 Å². The number of hydrogen-bond acceptors (Lipinski definition) is 5. The molecule has 118 valence electrons. The fraction of sp³-hybridized carbons (Fsp3) is 0.250. The maximum atomic E-state index is 12.6. The number of pyridine rings is 1. The highest BCUT2D eigenvalue weighted by Gasteiger charge is 2.33. The molecule has 6 nitrogen and oxygen atoms in total. The molecule has 0 aromatic carbocycles. The monoisotopic (exact) mass is 334 g/mol. The predicted molar refractivity (Wildman–Crippen MR) is 68.6 cm³/mol. The number of rotatable bonds is 4. The first-order valence-electron chi connectivity index (χ1n) is 5.88. The Labute approximate surface area is 124 Å². The van der Waals surface area contributed by atoms with Crippen LogP contribution in [0.15, 0.2) is 36.9 Å². The first kappa shape index (κ1) is 16.3. The molecule has 0 N–H and O–H groups in total. The Morgan fingerprint density at radius 1 is 1.23 bits per heavy atom. The molecular weight excluding hydrogens is 323 g/mol. The van der Waals surface area contributed by atoms with Crippen LogP contribution in [0, 0.1) is 0 Å². The lowest BCUT2D eigenvalue weighted by Gasteiger charge is -2.06. The molecule has 10 heteroatoms. The minimum Gasteiger partial charge on any atom is -0.269 e. The Morgan fingerprint density at radius 3 is 2.41 bits per heavy atom. The van der Waals surface area contributed by atoms with Gasteiger partial charge in [0.25, 0.3) is 5.88 Å². The minimum absolute atomic E-state index is 0.0385. The molecule has 0 saturated carbocycles. The maximum Gasteiger partial charge on any atom is 0.434 e. The molecule has 0 radical (unpaired) electrons. The summed E-state index contributed by atoms with van der Waals surface area (Å²) in [5, 5.41) is 0. The van der Waals surface area contributed by atoms with Crippen LogP contribution in [0.1, 0.15) is 5.69 Å². The van der Waals surface area contributed by atoms with Gasteiger partial charge in [0.2, 0.25) is 0 Å². The normalized spacial score (nSPS) is 12.4. The standard InChI is InChI=1S/C12H11F3N3O3S/c1-21-22(19,20)8-18-4-2-9(3-5-18)10-6-16-7-11(17-10)12(13,14)15/h2-7H,8H2,1H3/q+1. The summed E-state index contributed by atoms with van der Waals surface area (Å²) in [5.74, 6) is -0.405. The average Bonchev–Trinajstić information content (AvgIpc) is 2.47. The third kappa shape index (κ3) is 3.98. The van der Waals surface area contributed by atoms with Crippen LogP contribution >= 0.6 is 0 Å². The first-order chi connectivity index (χ1) is 10.2. The van der Waals surface area contributed by atoms with E-state index < -0.39 is 27.9 Å². The lowest BCUT2D eigenvalue weighted by Crippen LogP contribution is -2.37.